The molecule has 96 valence electrons. The van der Waals surface area contributed by atoms with Crippen molar-refractivity contribution in [2.24, 2.45) is 10.8 Å². The van der Waals surface area contributed by atoms with Crippen molar-refractivity contribution in [3.63, 3.8) is 0 Å². The van der Waals surface area contributed by atoms with Gasteiger partial charge in [-0.2, -0.15) is 0 Å². The Morgan fingerprint density at radius 3 is 2.06 bits per heavy atom. The Bertz CT molecular complexity index is 210. The SMILES string of the molecule is CCCC(COC)(C(=O)OCC)C(C)(C)C. The van der Waals surface area contributed by atoms with Crippen molar-refractivity contribution >= 4 is 5.97 Å². The second kappa shape index (κ2) is 6.24. The predicted molar refractivity (Wildman–Crippen MR) is 65.3 cm³/mol. The summed E-state index contributed by atoms with van der Waals surface area (Å²) < 4.78 is 10.5. The number of methoxy groups -OCH3 is 1. The van der Waals surface area contributed by atoms with E-state index in [4.69, 9.17) is 9.47 Å². The smallest absolute Gasteiger partial charge is 0.314 e. The van der Waals surface area contributed by atoms with Gasteiger partial charge in [-0.15, -0.1) is 0 Å². The first-order chi connectivity index (χ1) is 7.35. The van der Waals surface area contributed by atoms with E-state index < -0.39 is 5.41 Å². The van der Waals surface area contributed by atoms with E-state index in [0.717, 1.165) is 12.8 Å². The summed E-state index contributed by atoms with van der Waals surface area (Å²) in [6.45, 7) is 11.0. The quantitative estimate of drug-likeness (QED) is 0.658. The van der Waals surface area contributed by atoms with Crippen LogP contribution in [0.1, 0.15) is 47.5 Å². The molecular weight excluding hydrogens is 204 g/mol. The van der Waals surface area contributed by atoms with E-state index in [1.165, 1.54) is 0 Å². The third kappa shape index (κ3) is 3.21. The van der Waals surface area contributed by atoms with Gasteiger partial charge < -0.3 is 9.47 Å². The predicted octanol–water partition coefficient (Wildman–Crippen LogP) is 3.03. The molecule has 0 aliphatic carbocycles. The number of carbonyl (C=O) groups is 1. The Hall–Kier alpha value is -0.570. The van der Waals surface area contributed by atoms with Crippen LogP contribution in [0, 0.1) is 10.8 Å². The molecule has 0 bridgehead atoms. The van der Waals surface area contributed by atoms with E-state index in [-0.39, 0.29) is 11.4 Å². The molecule has 0 N–H and O–H groups in total. The lowest BCUT2D eigenvalue weighted by Gasteiger charge is -2.41. The van der Waals surface area contributed by atoms with Crippen LogP contribution in [-0.4, -0.2) is 26.3 Å². The van der Waals surface area contributed by atoms with Crippen molar-refractivity contribution in [1.29, 1.82) is 0 Å². The molecule has 1 atom stereocenters. The highest BCUT2D eigenvalue weighted by molar-refractivity contribution is 5.78. The Morgan fingerprint density at radius 1 is 1.19 bits per heavy atom. The molecule has 0 aliphatic rings. The number of rotatable bonds is 6. The van der Waals surface area contributed by atoms with Gasteiger partial charge in [-0.05, 0) is 18.8 Å². The molecule has 0 saturated heterocycles. The molecule has 0 amide bonds. The third-order valence-electron chi connectivity index (χ3n) is 3.17. The average molecular weight is 230 g/mol. The molecule has 0 aromatic heterocycles. The Labute approximate surface area is 99.5 Å². The van der Waals surface area contributed by atoms with Crippen LogP contribution < -0.4 is 0 Å². The average Bonchev–Trinajstić information content (AvgIpc) is 2.15. The normalized spacial score (nSPS) is 15.6. The summed E-state index contributed by atoms with van der Waals surface area (Å²) in [7, 11) is 1.63. The molecule has 0 saturated carbocycles. The van der Waals surface area contributed by atoms with Gasteiger partial charge in [0, 0.05) is 7.11 Å². The molecular formula is C13H26O3. The van der Waals surface area contributed by atoms with Gasteiger partial charge in [0.2, 0.25) is 0 Å². The first kappa shape index (κ1) is 15.4. The lowest BCUT2D eigenvalue weighted by Crippen LogP contribution is -2.47. The first-order valence-corrected chi connectivity index (χ1v) is 6.02. The van der Waals surface area contributed by atoms with Gasteiger partial charge in [-0.1, -0.05) is 34.1 Å². The van der Waals surface area contributed by atoms with Gasteiger partial charge in [0.25, 0.3) is 0 Å². The molecule has 3 nitrogen and oxygen atoms in total. The van der Waals surface area contributed by atoms with E-state index in [1.54, 1.807) is 7.11 Å². The second-order valence-corrected chi connectivity index (χ2v) is 5.24. The fraction of sp³-hybridized carbons (Fsp3) is 0.923. The van der Waals surface area contributed by atoms with Crippen LogP contribution in [0.5, 0.6) is 0 Å². The van der Waals surface area contributed by atoms with Crippen molar-refractivity contribution < 1.29 is 14.3 Å². The maximum Gasteiger partial charge on any atom is 0.314 e. The molecule has 0 fully saturated rings. The Morgan fingerprint density at radius 2 is 1.75 bits per heavy atom. The van der Waals surface area contributed by atoms with Crippen LogP contribution in [0.15, 0.2) is 0 Å². The van der Waals surface area contributed by atoms with Gasteiger partial charge in [-0.25, -0.2) is 0 Å². The number of hydrogen-bond donors (Lipinski definition) is 0. The Balaban J connectivity index is 5.16. The van der Waals surface area contributed by atoms with Crippen LogP contribution in [0.3, 0.4) is 0 Å². The molecule has 0 aromatic rings. The maximum atomic E-state index is 12.2. The lowest BCUT2D eigenvalue weighted by molar-refractivity contribution is -0.169. The minimum atomic E-state index is -0.535. The van der Waals surface area contributed by atoms with Crippen molar-refractivity contribution in [1.82, 2.24) is 0 Å². The number of hydrogen-bond acceptors (Lipinski definition) is 3. The zero-order chi connectivity index (χ0) is 12.8. The summed E-state index contributed by atoms with van der Waals surface area (Å²) in [5, 5.41) is 0. The van der Waals surface area contributed by atoms with E-state index in [9.17, 15) is 4.79 Å². The molecule has 0 rings (SSSR count). The van der Waals surface area contributed by atoms with E-state index in [1.807, 2.05) is 6.92 Å². The fourth-order valence-electron chi connectivity index (χ4n) is 2.07. The maximum absolute atomic E-state index is 12.2. The fourth-order valence-corrected chi connectivity index (χ4v) is 2.07. The number of carbonyl (C=O) groups excluding carboxylic acids is 1. The molecule has 3 heteroatoms. The zero-order valence-corrected chi connectivity index (χ0v) is 11.6. The topological polar surface area (TPSA) is 35.5 Å². The van der Waals surface area contributed by atoms with Crippen LogP contribution in [0.25, 0.3) is 0 Å². The summed E-state index contributed by atoms with van der Waals surface area (Å²) in [5.74, 6) is -0.133. The van der Waals surface area contributed by atoms with Gasteiger partial charge in [0.15, 0.2) is 0 Å². The zero-order valence-electron chi connectivity index (χ0n) is 11.6. The molecule has 0 heterocycles. The third-order valence-corrected chi connectivity index (χ3v) is 3.17. The monoisotopic (exact) mass is 230 g/mol. The largest absolute Gasteiger partial charge is 0.465 e. The molecule has 16 heavy (non-hydrogen) atoms. The Kier molecular flexibility index (Phi) is 6.01. The molecule has 0 radical (unpaired) electrons. The highest BCUT2D eigenvalue weighted by Crippen LogP contribution is 2.44. The molecule has 0 aromatic carbocycles. The highest BCUT2D eigenvalue weighted by Gasteiger charge is 2.49. The minimum Gasteiger partial charge on any atom is -0.465 e. The number of esters is 1. The first-order valence-electron chi connectivity index (χ1n) is 6.02. The summed E-state index contributed by atoms with van der Waals surface area (Å²) in [6.07, 6.45) is 1.74. The lowest BCUT2D eigenvalue weighted by atomic mass is 9.64. The highest BCUT2D eigenvalue weighted by atomic mass is 16.5. The second-order valence-electron chi connectivity index (χ2n) is 5.24. The van der Waals surface area contributed by atoms with Crippen molar-refractivity contribution in [2.75, 3.05) is 20.3 Å². The summed E-state index contributed by atoms with van der Waals surface area (Å²) in [6, 6.07) is 0. The van der Waals surface area contributed by atoms with E-state index in [0.29, 0.717) is 13.2 Å². The van der Waals surface area contributed by atoms with E-state index >= 15 is 0 Å². The van der Waals surface area contributed by atoms with Crippen LogP contribution in [0.4, 0.5) is 0 Å². The van der Waals surface area contributed by atoms with Crippen molar-refractivity contribution in [3.8, 4) is 0 Å². The summed E-state index contributed by atoms with van der Waals surface area (Å²) in [5.41, 5.74) is -0.697. The van der Waals surface area contributed by atoms with Gasteiger partial charge in [-0.3, -0.25) is 4.79 Å². The van der Waals surface area contributed by atoms with Crippen LogP contribution in [0.2, 0.25) is 0 Å². The van der Waals surface area contributed by atoms with Gasteiger partial charge >= 0.3 is 5.97 Å². The standard InChI is InChI=1S/C13H26O3/c1-7-9-13(10-15-6,12(3,4)5)11(14)16-8-2/h7-10H2,1-6H3. The van der Waals surface area contributed by atoms with Crippen molar-refractivity contribution in [2.45, 2.75) is 47.5 Å². The van der Waals surface area contributed by atoms with Crippen LogP contribution >= 0.6 is 0 Å². The molecule has 1 unspecified atom stereocenters. The minimum absolute atomic E-state index is 0.133. The number of ether oxygens (including phenoxy) is 2. The van der Waals surface area contributed by atoms with Crippen molar-refractivity contribution in [3.05, 3.63) is 0 Å². The summed E-state index contributed by atoms with van der Waals surface area (Å²) >= 11 is 0. The molecule has 0 spiro atoms. The summed E-state index contributed by atoms with van der Waals surface area (Å²) in [4.78, 5) is 12.2. The van der Waals surface area contributed by atoms with Gasteiger partial charge in [0.1, 0.15) is 0 Å². The van der Waals surface area contributed by atoms with Crippen LogP contribution in [-0.2, 0) is 14.3 Å². The van der Waals surface area contributed by atoms with E-state index in [2.05, 4.69) is 27.7 Å². The molecule has 0 aliphatic heterocycles. The van der Waals surface area contributed by atoms with Gasteiger partial charge in [0.05, 0.1) is 18.6 Å².